The SMILES string of the molecule is O=[N+]([O-])c1cc(OC(F)F)nc2ccccc12. The van der Waals surface area contributed by atoms with Gasteiger partial charge < -0.3 is 4.74 Å². The minimum absolute atomic E-state index is 0.234. The van der Waals surface area contributed by atoms with Gasteiger partial charge in [0.2, 0.25) is 5.88 Å². The first-order valence-corrected chi connectivity index (χ1v) is 4.57. The van der Waals surface area contributed by atoms with E-state index in [0.29, 0.717) is 0 Å². The lowest BCUT2D eigenvalue weighted by atomic mass is 10.2. The van der Waals surface area contributed by atoms with Crippen molar-refractivity contribution in [2.45, 2.75) is 6.61 Å². The zero-order valence-corrected chi connectivity index (χ0v) is 8.34. The second-order valence-corrected chi connectivity index (χ2v) is 3.13. The van der Waals surface area contributed by atoms with E-state index < -0.39 is 17.4 Å². The Morgan fingerprint density at radius 2 is 2.06 bits per heavy atom. The van der Waals surface area contributed by atoms with Crippen molar-refractivity contribution in [2.24, 2.45) is 0 Å². The van der Waals surface area contributed by atoms with Gasteiger partial charge in [-0.05, 0) is 12.1 Å². The molecule has 1 heterocycles. The third-order valence-electron chi connectivity index (χ3n) is 2.08. The number of pyridine rings is 1. The van der Waals surface area contributed by atoms with Gasteiger partial charge in [0, 0.05) is 0 Å². The fourth-order valence-corrected chi connectivity index (χ4v) is 1.44. The Labute approximate surface area is 93.8 Å². The van der Waals surface area contributed by atoms with Crippen molar-refractivity contribution in [3.63, 3.8) is 0 Å². The number of hydrogen-bond acceptors (Lipinski definition) is 4. The zero-order chi connectivity index (χ0) is 12.4. The first kappa shape index (κ1) is 11.2. The molecule has 0 saturated heterocycles. The molecule has 1 aromatic heterocycles. The maximum absolute atomic E-state index is 12.0. The number of nitro groups is 1. The van der Waals surface area contributed by atoms with Crippen LogP contribution in [0.5, 0.6) is 5.88 Å². The van der Waals surface area contributed by atoms with Crippen molar-refractivity contribution in [3.8, 4) is 5.88 Å². The standard InChI is InChI=1S/C10H6F2N2O3/c11-10(12)17-9-5-8(14(15)16)6-3-1-2-4-7(6)13-9/h1-5,10H. The van der Waals surface area contributed by atoms with Crippen molar-refractivity contribution in [1.82, 2.24) is 4.98 Å². The number of fused-ring (bicyclic) bond motifs is 1. The minimum atomic E-state index is -3.07. The monoisotopic (exact) mass is 240 g/mol. The maximum atomic E-state index is 12.0. The van der Waals surface area contributed by atoms with E-state index in [2.05, 4.69) is 9.72 Å². The van der Waals surface area contributed by atoms with E-state index in [1.165, 1.54) is 12.1 Å². The van der Waals surface area contributed by atoms with Crippen molar-refractivity contribution >= 4 is 16.6 Å². The highest BCUT2D eigenvalue weighted by atomic mass is 19.3. The second kappa shape index (κ2) is 4.28. The van der Waals surface area contributed by atoms with Crippen LogP contribution in [0.3, 0.4) is 0 Å². The predicted molar refractivity (Wildman–Crippen MR) is 55.0 cm³/mol. The van der Waals surface area contributed by atoms with Crippen LogP contribution in [0.25, 0.3) is 10.9 Å². The number of rotatable bonds is 3. The number of ether oxygens (including phenoxy) is 1. The van der Waals surface area contributed by atoms with Crippen LogP contribution in [0.2, 0.25) is 0 Å². The highest BCUT2D eigenvalue weighted by molar-refractivity contribution is 5.88. The van der Waals surface area contributed by atoms with Gasteiger partial charge >= 0.3 is 6.61 Å². The summed E-state index contributed by atoms with van der Waals surface area (Å²) in [5, 5.41) is 11.1. The molecule has 0 aliphatic heterocycles. The van der Waals surface area contributed by atoms with Crippen LogP contribution in [0, 0.1) is 10.1 Å². The molecule has 0 amide bonds. The summed E-state index contributed by atoms with van der Waals surface area (Å²) in [6.07, 6.45) is 0. The molecule has 88 valence electrons. The van der Waals surface area contributed by atoms with Crippen molar-refractivity contribution in [3.05, 3.63) is 40.4 Å². The Bertz CT molecular complexity index is 574. The average molecular weight is 240 g/mol. The third kappa shape index (κ3) is 2.27. The summed E-state index contributed by atoms with van der Waals surface area (Å²) < 4.78 is 28.1. The summed E-state index contributed by atoms with van der Waals surface area (Å²) in [6.45, 7) is -3.07. The van der Waals surface area contributed by atoms with E-state index in [-0.39, 0.29) is 16.6 Å². The number of para-hydroxylation sites is 1. The average Bonchev–Trinajstić information content (AvgIpc) is 2.27. The summed E-state index contributed by atoms with van der Waals surface area (Å²) in [7, 11) is 0. The number of aromatic nitrogens is 1. The van der Waals surface area contributed by atoms with Crippen molar-refractivity contribution in [2.75, 3.05) is 0 Å². The number of hydrogen-bond donors (Lipinski definition) is 0. The van der Waals surface area contributed by atoms with Crippen LogP contribution in [0.15, 0.2) is 30.3 Å². The van der Waals surface area contributed by atoms with Crippen LogP contribution in [0.4, 0.5) is 14.5 Å². The molecule has 5 nitrogen and oxygen atoms in total. The molecule has 0 N–H and O–H groups in total. The van der Waals surface area contributed by atoms with Crippen LogP contribution in [0.1, 0.15) is 0 Å². The van der Waals surface area contributed by atoms with Crippen LogP contribution in [-0.4, -0.2) is 16.5 Å². The van der Waals surface area contributed by atoms with Gasteiger partial charge in [0.25, 0.3) is 5.69 Å². The Kier molecular flexibility index (Phi) is 2.82. The van der Waals surface area contributed by atoms with Crippen molar-refractivity contribution in [1.29, 1.82) is 0 Å². The van der Waals surface area contributed by atoms with Gasteiger partial charge in [0.05, 0.1) is 21.9 Å². The second-order valence-electron chi connectivity index (χ2n) is 3.13. The number of benzene rings is 1. The first-order chi connectivity index (χ1) is 8.08. The zero-order valence-electron chi connectivity index (χ0n) is 8.34. The highest BCUT2D eigenvalue weighted by Gasteiger charge is 2.17. The number of alkyl halides is 2. The largest absolute Gasteiger partial charge is 0.417 e. The fraction of sp³-hybridized carbons (Fsp3) is 0.100. The van der Waals surface area contributed by atoms with Gasteiger partial charge in [0.15, 0.2) is 0 Å². The molecule has 7 heteroatoms. The third-order valence-corrected chi connectivity index (χ3v) is 2.08. The quantitative estimate of drug-likeness (QED) is 0.611. The van der Waals surface area contributed by atoms with E-state index >= 15 is 0 Å². The molecule has 0 aliphatic carbocycles. The van der Waals surface area contributed by atoms with Crippen LogP contribution < -0.4 is 4.74 Å². The van der Waals surface area contributed by atoms with E-state index in [4.69, 9.17) is 0 Å². The topological polar surface area (TPSA) is 65.3 Å². The fourth-order valence-electron chi connectivity index (χ4n) is 1.44. The van der Waals surface area contributed by atoms with E-state index in [1.807, 2.05) is 0 Å². The molecule has 0 fully saturated rings. The van der Waals surface area contributed by atoms with Gasteiger partial charge in [-0.15, -0.1) is 0 Å². The molecule has 2 aromatic rings. The summed E-state index contributed by atoms with van der Waals surface area (Å²) in [5.41, 5.74) is -0.0800. The van der Waals surface area contributed by atoms with Gasteiger partial charge in [-0.3, -0.25) is 10.1 Å². The predicted octanol–water partition coefficient (Wildman–Crippen LogP) is 2.74. The minimum Gasteiger partial charge on any atom is -0.417 e. The summed E-state index contributed by atoms with van der Waals surface area (Å²) >= 11 is 0. The molecule has 2 rings (SSSR count). The van der Waals surface area contributed by atoms with Crippen LogP contribution >= 0.6 is 0 Å². The summed E-state index contributed by atoms with van der Waals surface area (Å²) in [6, 6.07) is 7.07. The molecular formula is C10H6F2N2O3. The lowest BCUT2D eigenvalue weighted by Crippen LogP contribution is -2.04. The molecular weight excluding hydrogens is 234 g/mol. The lowest BCUT2D eigenvalue weighted by molar-refractivity contribution is -0.383. The molecule has 0 saturated carbocycles. The number of halogens is 2. The molecule has 0 unspecified atom stereocenters. The Morgan fingerprint density at radius 1 is 1.35 bits per heavy atom. The molecule has 0 aliphatic rings. The van der Waals surface area contributed by atoms with Gasteiger partial charge in [-0.25, -0.2) is 4.98 Å². The smallest absolute Gasteiger partial charge is 0.388 e. The molecule has 0 bridgehead atoms. The molecule has 0 atom stereocenters. The Balaban J connectivity index is 2.63. The summed E-state index contributed by atoms with van der Waals surface area (Å²) in [4.78, 5) is 13.9. The van der Waals surface area contributed by atoms with Gasteiger partial charge in [0.1, 0.15) is 0 Å². The Hall–Kier alpha value is -2.31. The maximum Gasteiger partial charge on any atom is 0.388 e. The van der Waals surface area contributed by atoms with Crippen LogP contribution in [-0.2, 0) is 0 Å². The van der Waals surface area contributed by atoms with E-state index in [1.54, 1.807) is 12.1 Å². The Morgan fingerprint density at radius 3 is 2.71 bits per heavy atom. The summed E-state index contributed by atoms with van der Waals surface area (Å²) in [5.74, 6) is -0.467. The molecule has 17 heavy (non-hydrogen) atoms. The first-order valence-electron chi connectivity index (χ1n) is 4.57. The molecule has 1 aromatic carbocycles. The van der Waals surface area contributed by atoms with E-state index in [0.717, 1.165) is 6.07 Å². The van der Waals surface area contributed by atoms with Gasteiger partial charge in [-0.2, -0.15) is 8.78 Å². The van der Waals surface area contributed by atoms with E-state index in [9.17, 15) is 18.9 Å². The van der Waals surface area contributed by atoms with Crippen molar-refractivity contribution < 1.29 is 18.4 Å². The normalized spacial score (nSPS) is 10.8. The lowest BCUT2D eigenvalue weighted by Gasteiger charge is -2.05. The molecule has 0 radical (unpaired) electrons. The van der Waals surface area contributed by atoms with Gasteiger partial charge in [-0.1, -0.05) is 12.1 Å². The number of nitrogens with zero attached hydrogens (tertiary/aromatic N) is 2. The molecule has 0 spiro atoms. The highest BCUT2D eigenvalue weighted by Crippen LogP contribution is 2.28.